The zero-order valence-electron chi connectivity index (χ0n) is 12.0. The van der Waals surface area contributed by atoms with Crippen LogP contribution in [0.5, 0.6) is 0 Å². The lowest BCUT2D eigenvalue weighted by Gasteiger charge is -2.23. The van der Waals surface area contributed by atoms with E-state index in [-0.39, 0.29) is 0 Å². The average Bonchev–Trinajstić information content (AvgIpc) is 2.90. The number of nitrogen functional groups attached to an aromatic ring is 1. The Morgan fingerprint density at radius 1 is 1.20 bits per heavy atom. The first kappa shape index (κ1) is 12.2. The summed E-state index contributed by atoms with van der Waals surface area (Å²) < 4.78 is 0. The van der Waals surface area contributed by atoms with Crippen molar-refractivity contribution in [3.63, 3.8) is 0 Å². The number of rotatable bonds is 3. The first-order chi connectivity index (χ1) is 9.70. The Bertz CT molecular complexity index is 522. The summed E-state index contributed by atoms with van der Waals surface area (Å²) in [6, 6.07) is 7.68. The second-order valence-electron chi connectivity index (χ2n) is 6.69. The van der Waals surface area contributed by atoms with Gasteiger partial charge in [-0.3, -0.25) is 4.79 Å². The number of anilines is 2. The lowest BCUT2D eigenvalue weighted by atomic mass is 10.0. The smallest absolute Gasteiger partial charge is 0.230 e. The molecule has 3 fully saturated rings. The van der Waals surface area contributed by atoms with Gasteiger partial charge in [0.25, 0.3) is 0 Å². The van der Waals surface area contributed by atoms with Gasteiger partial charge in [-0.15, -0.1) is 0 Å². The average molecular weight is 270 g/mol. The van der Waals surface area contributed by atoms with Crippen molar-refractivity contribution in [3.05, 3.63) is 24.3 Å². The molecule has 0 radical (unpaired) electrons. The molecule has 0 heterocycles. The predicted octanol–water partition coefficient (Wildman–Crippen LogP) is 2.91. The normalized spacial score (nSPS) is 36.8. The Morgan fingerprint density at radius 3 is 2.35 bits per heavy atom. The molecule has 1 aromatic rings. The summed E-state index contributed by atoms with van der Waals surface area (Å²) in [5, 5.41) is 0. The molecule has 2 bridgehead atoms. The second-order valence-corrected chi connectivity index (χ2v) is 6.69. The largest absolute Gasteiger partial charge is 0.399 e. The molecule has 0 saturated heterocycles. The highest BCUT2D eigenvalue weighted by Crippen LogP contribution is 2.69. The van der Waals surface area contributed by atoms with Gasteiger partial charge in [0, 0.05) is 23.8 Å². The Balaban J connectivity index is 1.54. The van der Waals surface area contributed by atoms with Crippen molar-refractivity contribution in [2.45, 2.75) is 26.2 Å². The van der Waals surface area contributed by atoms with E-state index in [0.717, 1.165) is 29.8 Å². The van der Waals surface area contributed by atoms with E-state index in [1.807, 2.05) is 29.2 Å². The number of benzene rings is 1. The molecule has 4 unspecified atom stereocenters. The van der Waals surface area contributed by atoms with E-state index in [2.05, 4.69) is 6.92 Å². The SMILES string of the molecule is CCN(C(=O)C1C2C3CCC(C3)C12)c1ccc(N)cc1. The molecule has 4 atom stereocenters. The molecule has 3 heteroatoms. The number of carbonyl (C=O) groups is 1. The van der Waals surface area contributed by atoms with Gasteiger partial charge >= 0.3 is 0 Å². The van der Waals surface area contributed by atoms with Crippen LogP contribution in [0.25, 0.3) is 0 Å². The topological polar surface area (TPSA) is 46.3 Å². The molecule has 20 heavy (non-hydrogen) atoms. The fraction of sp³-hybridized carbons (Fsp3) is 0.588. The van der Waals surface area contributed by atoms with E-state index in [1.165, 1.54) is 19.3 Å². The maximum absolute atomic E-state index is 12.8. The highest BCUT2D eigenvalue weighted by molar-refractivity contribution is 5.97. The number of amides is 1. The fourth-order valence-electron chi connectivity index (χ4n) is 4.96. The first-order valence-electron chi connectivity index (χ1n) is 7.87. The van der Waals surface area contributed by atoms with E-state index in [0.29, 0.717) is 23.7 Å². The molecule has 3 aliphatic rings. The minimum atomic E-state index is 0.318. The molecule has 3 nitrogen and oxygen atoms in total. The van der Waals surface area contributed by atoms with E-state index >= 15 is 0 Å². The van der Waals surface area contributed by atoms with Crippen molar-refractivity contribution in [2.75, 3.05) is 17.2 Å². The van der Waals surface area contributed by atoms with Gasteiger partial charge in [-0.25, -0.2) is 0 Å². The fourth-order valence-corrected chi connectivity index (χ4v) is 4.96. The summed E-state index contributed by atoms with van der Waals surface area (Å²) in [5.74, 6) is 3.80. The van der Waals surface area contributed by atoms with Crippen LogP contribution in [0.1, 0.15) is 26.2 Å². The third-order valence-corrected chi connectivity index (χ3v) is 5.81. The minimum absolute atomic E-state index is 0.318. The Morgan fingerprint density at radius 2 is 1.80 bits per heavy atom. The Labute approximate surface area is 120 Å². The summed E-state index contributed by atoms with van der Waals surface area (Å²) in [5.41, 5.74) is 7.47. The van der Waals surface area contributed by atoms with Gasteiger partial charge in [-0.1, -0.05) is 0 Å². The Kier molecular flexibility index (Phi) is 2.60. The van der Waals surface area contributed by atoms with Crippen molar-refractivity contribution >= 4 is 17.3 Å². The molecular formula is C17H22N2O. The quantitative estimate of drug-likeness (QED) is 0.858. The maximum Gasteiger partial charge on any atom is 0.230 e. The number of carbonyl (C=O) groups excluding carboxylic acids is 1. The zero-order valence-corrected chi connectivity index (χ0v) is 12.0. The Hall–Kier alpha value is -1.51. The molecule has 2 N–H and O–H groups in total. The number of fused-ring (bicyclic) bond motifs is 5. The third kappa shape index (κ3) is 1.62. The molecule has 3 saturated carbocycles. The van der Waals surface area contributed by atoms with Crippen LogP contribution in [0, 0.1) is 29.6 Å². The van der Waals surface area contributed by atoms with Crippen LogP contribution in [-0.4, -0.2) is 12.5 Å². The van der Waals surface area contributed by atoms with Gasteiger partial charge in [-0.05, 0) is 74.1 Å². The molecule has 3 aliphatic carbocycles. The van der Waals surface area contributed by atoms with E-state index in [4.69, 9.17) is 5.73 Å². The first-order valence-corrected chi connectivity index (χ1v) is 7.87. The third-order valence-electron chi connectivity index (χ3n) is 5.81. The molecule has 106 valence electrons. The number of hydrogen-bond acceptors (Lipinski definition) is 2. The molecule has 0 aromatic heterocycles. The maximum atomic E-state index is 12.8. The van der Waals surface area contributed by atoms with Crippen LogP contribution < -0.4 is 10.6 Å². The van der Waals surface area contributed by atoms with Gasteiger partial charge in [-0.2, -0.15) is 0 Å². The van der Waals surface area contributed by atoms with Gasteiger partial charge in [0.2, 0.25) is 5.91 Å². The van der Waals surface area contributed by atoms with Crippen molar-refractivity contribution in [3.8, 4) is 0 Å². The van der Waals surface area contributed by atoms with E-state index in [1.54, 1.807) is 0 Å². The predicted molar refractivity (Wildman–Crippen MR) is 80.2 cm³/mol. The minimum Gasteiger partial charge on any atom is -0.399 e. The number of nitrogens with two attached hydrogens (primary N) is 1. The molecule has 0 aliphatic heterocycles. The van der Waals surface area contributed by atoms with E-state index in [9.17, 15) is 4.79 Å². The monoisotopic (exact) mass is 270 g/mol. The lowest BCUT2D eigenvalue weighted by molar-refractivity contribution is -0.120. The summed E-state index contributed by atoms with van der Waals surface area (Å²) >= 11 is 0. The molecule has 0 spiro atoms. The van der Waals surface area contributed by atoms with Crippen LogP contribution in [0.4, 0.5) is 11.4 Å². The molecular weight excluding hydrogens is 248 g/mol. The molecule has 4 rings (SSSR count). The van der Waals surface area contributed by atoms with E-state index < -0.39 is 0 Å². The van der Waals surface area contributed by atoms with Crippen molar-refractivity contribution in [2.24, 2.45) is 29.6 Å². The summed E-state index contributed by atoms with van der Waals surface area (Å²) in [7, 11) is 0. The van der Waals surface area contributed by atoms with Crippen molar-refractivity contribution < 1.29 is 4.79 Å². The summed E-state index contributed by atoms with van der Waals surface area (Å²) in [4.78, 5) is 14.8. The highest BCUT2D eigenvalue weighted by Gasteiger charge is 2.67. The standard InChI is InChI=1S/C17H22N2O/c1-2-19(13-7-5-12(18)6-8-13)17(20)16-14-10-3-4-11(9-10)15(14)16/h5-8,10-11,14-16H,2-4,9,18H2,1H3. The van der Waals surface area contributed by atoms with Crippen LogP contribution in [0.2, 0.25) is 0 Å². The van der Waals surface area contributed by atoms with Crippen LogP contribution in [0.15, 0.2) is 24.3 Å². The van der Waals surface area contributed by atoms with Crippen molar-refractivity contribution in [1.29, 1.82) is 0 Å². The molecule has 1 aromatic carbocycles. The zero-order chi connectivity index (χ0) is 13.9. The molecule has 1 amide bonds. The summed E-state index contributed by atoms with van der Waals surface area (Å²) in [6.45, 7) is 2.80. The number of hydrogen-bond donors (Lipinski definition) is 1. The highest BCUT2D eigenvalue weighted by atomic mass is 16.2. The van der Waals surface area contributed by atoms with Crippen LogP contribution in [0.3, 0.4) is 0 Å². The van der Waals surface area contributed by atoms with Gasteiger partial charge in [0.05, 0.1) is 0 Å². The van der Waals surface area contributed by atoms with Gasteiger partial charge in [0.1, 0.15) is 0 Å². The lowest BCUT2D eigenvalue weighted by Crippen LogP contribution is -2.33. The van der Waals surface area contributed by atoms with Gasteiger partial charge < -0.3 is 10.6 Å². The number of nitrogens with zero attached hydrogens (tertiary/aromatic N) is 1. The van der Waals surface area contributed by atoms with Crippen molar-refractivity contribution in [1.82, 2.24) is 0 Å². The van der Waals surface area contributed by atoms with Gasteiger partial charge in [0.15, 0.2) is 0 Å². The second kappa shape index (κ2) is 4.24. The summed E-state index contributed by atoms with van der Waals surface area (Å²) in [6.07, 6.45) is 4.13. The van der Waals surface area contributed by atoms with Crippen LogP contribution >= 0.6 is 0 Å². The van der Waals surface area contributed by atoms with Crippen LogP contribution in [-0.2, 0) is 4.79 Å².